The predicted octanol–water partition coefficient (Wildman–Crippen LogP) is 2.02. The van der Waals surface area contributed by atoms with Crippen molar-refractivity contribution in [2.24, 2.45) is 0 Å². The zero-order valence-electron chi connectivity index (χ0n) is 12.5. The lowest BCUT2D eigenvalue weighted by molar-refractivity contribution is -0.137. The number of rotatable bonds is 8. The molecule has 1 fully saturated rings. The molecule has 21 heavy (non-hydrogen) atoms. The standard InChI is InChI=1S/C16H23NO4/c1-10-9-11(3-7-14(10)21-2)16(20)13(6-8-15(18)19)17-12-4-5-12/h3,7,9,12-13,16-17,20H,4-6,8H2,1-2H3,(H,18,19). The molecular weight excluding hydrogens is 270 g/mol. The van der Waals surface area contributed by atoms with Gasteiger partial charge in [-0.1, -0.05) is 6.07 Å². The molecule has 5 nitrogen and oxygen atoms in total. The van der Waals surface area contributed by atoms with Gasteiger partial charge in [-0.05, 0) is 49.4 Å². The molecule has 1 aromatic carbocycles. The summed E-state index contributed by atoms with van der Waals surface area (Å²) in [6, 6.07) is 5.74. The molecule has 0 amide bonds. The first kappa shape index (κ1) is 15.8. The van der Waals surface area contributed by atoms with Gasteiger partial charge in [0.05, 0.1) is 13.2 Å². The third-order valence-corrected chi connectivity index (χ3v) is 3.84. The van der Waals surface area contributed by atoms with Crippen LogP contribution in [-0.2, 0) is 4.79 Å². The number of methoxy groups -OCH3 is 1. The van der Waals surface area contributed by atoms with Crippen molar-refractivity contribution in [1.82, 2.24) is 5.32 Å². The van der Waals surface area contributed by atoms with Crippen LogP contribution < -0.4 is 10.1 Å². The molecule has 0 aliphatic heterocycles. The van der Waals surface area contributed by atoms with E-state index in [2.05, 4.69) is 5.32 Å². The average Bonchev–Trinajstić information content (AvgIpc) is 3.26. The van der Waals surface area contributed by atoms with Gasteiger partial charge in [0.15, 0.2) is 0 Å². The minimum absolute atomic E-state index is 0.0522. The molecule has 2 rings (SSSR count). The molecule has 5 heteroatoms. The zero-order valence-corrected chi connectivity index (χ0v) is 12.5. The van der Waals surface area contributed by atoms with Crippen LogP contribution in [0.25, 0.3) is 0 Å². The van der Waals surface area contributed by atoms with E-state index in [4.69, 9.17) is 9.84 Å². The molecule has 1 aliphatic carbocycles. The van der Waals surface area contributed by atoms with Crippen LogP contribution in [0.15, 0.2) is 18.2 Å². The summed E-state index contributed by atoms with van der Waals surface area (Å²) in [6.45, 7) is 1.93. The van der Waals surface area contributed by atoms with E-state index in [1.54, 1.807) is 7.11 Å². The van der Waals surface area contributed by atoms with E-state index in [-0.39, 0.29) is 12.5 Å². The molecule has 2 unspecified atom stereocenters. The number of nitrogens with one attached hydrogen (secondary N) is 1. The third kappa shape index (κ3) is 4.44. The number of carbonyl (C=O) groups is 1. The number of aliphatic carboxylic acids is 1. The van der Waals surface area contributed by atoms with Crippen molar-refractivity contribution in [3.8, 4) is 5.75 Å². The molecule has 0 heterocycles. The Hall–Kier alpha value is -1.59. The number of aliphatic hydroxyl groups excluding tert-OH is 1. The van der Waals surface area contributed by atoms with Crippen molar-refractivity contribution in [2.75, 3.05) is 7.11 Å². The van der Waals surface area contributed by atoms with Crippen LogP contribution in [-0.4, -0.2) is 35.4 Å². The van der Waals surface area contributed by atoms with Crippen molar-refractivity contribution in [3.05, 3.63) is 29.3 Å². The highest BCUT2D eigenvalue weighted by Gasteiger charge is 2.29. The van der Waals surface area contributed by atoms with E-state index in [0.717, 1.165) is 29.7 Å². The maximum Gasteiger partial charge on any atom is 0.303 e. The van der Waals surface area contributed by atoms with Crippen molar-refractivity contribution in [1.29, 1.82) is 0 Å². The molecule has 3 N–H and O–H groups in total. The Morgan fingerprint density at radius 2 is 2.19 bits per heavy atom. The van der Waals surface area contributed by atoms with Gasteiger partial charge in [0.2, 0.25) is 0 Å². The largest absolute Gasteiger partial charge is 0.496 e. The Kier molecular flexibility index (Phi) is 5.20. The summed E-state index contributed by atoms with van der Waals surface area (Å²) in [6.07, 6.45) is 1.94. The highest BCUT2D eigenvalue weighted by molar-refractivity contribution is 5.66. The molecule has 0 aromatic heterocycles. The average molecular weight is 293 g/mol. The molecule has 0 bridgehead atoms. The summed E-state index contributed by atoms with van der Waals surface area (Å²) in [5.41, 5.74) is 1.74. The third-order valence-electron chi connectivity index (χ3n) is 3.84. The van der Waals surface area contributed by atoms with Crippen molar-refractivity contribution in [2.45, 2.75) is 50.8 Å². The molecule has 1 aromatic rings. The molecule has 116 valence electrons. The van der Waals surface area contributed by atoms with Crippen LogP contribution in [0.3, 0.4) is 0 Å². The Labute approximate surface area is 124 Å². The maximum absolute atomic E-state index is 10.8. The number of carboxylic acid groups (broad SMARTS) is 1. The Morgan fingerprint density at radius 1 is 1.48 bits per heavy atom. The number of ether oxygens (including phenoxy) is 1. The van der Waals surface area contributed by atoms with E-state index < -0.39 is 12.1 Å². The molecule has 1 aliphatic rings. The smallest absolute Gasteiger partial charge is 0.303 e. The summed E-state index contributed by atoms with van der Waals surface area (Å²) in [7, 11) is 1.61. The first-order valence-corrected chi connectivity index (χ1v) is 7.31. The SMILES string of the molecule is COc1ccc(C(O)C(CCC(=O)O)NC2CC2)cc1C. The van der Waals surface area contributed by atoms with Gasteiger partial charge in [-0.25, -0.2) is 0 Å². The van der Waals surface area contributed by atoms with E-state index in [1.165, 1.54) is 0 Å². The second-order valence-corrected chi connectivity index (χ2v) is 5.65. The van der Waals surface area contributed by atoms with Crippen LogP contribution in [0.1, 0.15) is 42.9 Å². The highest BCUT2D eigenvalue weighted by atomic mass is 16.5. The molecule has 0 saturated heterocycles. The topological polar surface area (TPSA) is 78.8 Å². The lowest BCUT2D eigenvalue weighted by Gasteiger charge is -2.24. The van der Waals surface area contributed by atoms with Crippen LogP contribution >= 0.6 is 0 Å². The minimum Gasteiger partial charge on any atom is -0.496 e. The fourth-order valence-electron chi connectivity index (χ4n) is 2.48. The lowest BCUT2D eigenvalue weighted by atomic mass is 9.96. The van der Waals surface area contributed by atoms with Gasteiger partial charge >= 0.3 is 5.97 Å². The van der Waals surface area contributed by atoms with Crippen molar-refractivity contribution in [3.63, 3.8) is 0 Å². The number of carboxylic acids is 1. The zero-order chi connectivity index (χ0) is 15.4. The normalized spacial score (nSPS) is 17.3. The van der Waals surface area contributed by atoms with Gasteiger partial charge in [0.25, 0.3) is 0 Å². The van der Waals surface area contributed by atoms with E-state index in [9.17, 15) is 9.90 Å². The van der Waals surface area contributed by atoms with Gasteiger partial charge in [-0.15, -0.1) is 0 Å². The fourth-order valence-corrected chi connectivity index (χ4v) is 2.48. The van der Waals surface area contributed by atoms with Gasteiger partial charge < -0.3 is 20.3 Å². The highest BCUT2D eigenvalue weighted by Crippen LogP contribution is 2.28. The number of hydrogen-bond donors (Lipinski definition) is 3. The first-order chi connectivity index (χ1) is 10.0. The number of aliphatic hydroxyl groups is 1. The number of aryl methyl sites for hydroxylation is 1. The Bertz CT molecular complexity index is 499. The van der Waals surface area contributed by atoms with Crippen molar-refractivity contribution >= 4 is 5.97 Å². The molecule has 0 radical (unpaired) electrons. The van der Waals surface area contributed by atoms with E-state index >= 15 is 0 Å². The van der Waals surface area contributed by atoms with E-state index in [0.29, 0.717) is 12.5 Å². The van der Waals surface area contributed by atoms with Crippen LogP contribution in [0.4, 0.5) is 0 Å². The van der Waals surface area contributed by atoms with Gasteiger partial charge in [0.1, 0.15) is 5.75 Å². The summed E-state index contributed by atoms with van der Waals surface area (Å²) < 4.78 is 5.22. The fraction of sp³-hybridized carbons (Fsp3) is 0.562. The van der Waals surface area contributed by atoms with Crippen LogP contribution in [0.2, 0.25) is 0 Å². The summed E-state index contributed by atoms with van der Waals surface area (Å²) in [5.74, 6) is -0.0566. The second-order valence-electron chi connectivity index (χ2n) is 5.65. The first-order valence-electron chi connectivity index (χ1n) is 7.31. The monoisotopic (exact) mass is 293 g/mol. The molecular formula is C16H23NO4. The molecule has 0 spiro atoms. The Morgan fingerprint density at radius 3 is 2.71 bits per heavy atom. The minimum atomic E-state index is -0.837. The second kappa shape index (κ2) is 6.91. The number of benzene rings is 1. The van der Waals surface area contributed by atoms with E-state index in [1.807, 2.05) is 25.1 Å². The molecule has 1 saturated carbocycles. The van der Waals surface area contributed by atoms with Crippen LogP contribution in [0.5, 0.6) is 5.75 Å². The van der Waals surface area contributed by atoms with Crippen LogP contribution in [0, 0.1) is 6.92 Å². The van der Waals surface area contributed by atoms with Gasteiger partial charge in [-0.2, -0.15) is 0 Å². The summed E-state index contributed by atoms with van der Waals surface area (Å²) in [5, 5.41) is 22.8. The van der Waals surface area contributed by atoms with Gasteiger partial charge in [0, 0.05) is 18.5 Å². The Balaban J connectivity index is 2.09. The predicted molar refractivity (Wildman–Crippen MR) is 79.5 cm³/mol. The summed E-state index contributed by atoms with van der Waals surface area (Å²) >= 11 is 0. The maximum atomic E-state index is 10.8. The molecule has 2 atom stereocenters. The lowest BCUT2D eigenvalue weighted by Crippen LogP contribution is -2.37. The van der Waals surface area contributed by atoms with Crippen molar-refractivity contribution < 1.29 is 19.7 Å². The van der Waals surface area contributed by atoms with Gasteiger partial charge in [-0.3, -0.25) is 4.79 Å². The quantitative estimate of drug-likeness (QED) is 0.683. The summed E-state index contributed by atoms with van der Waals surface area (Å²) in [4.78, 5) is 10.8. The number of hydrogen-bond acceptors (Lipinski definition) is 4.